The van der Waals surface area contributed by atoms with Crippen molar-refractivity contribution in [2.24, 2.45) is 52.3 Å². The number of esters is 1. The quantitative estimate of drug-likeness (QED) is 0.0452. The van der Waals surface area contributed by atoms with E-state index in [1.165, 1.54) is 128 Å². The molecule has 0 aromatic carbocycles. The number of rotatable bonds is 26. The van der Waals surface area contributed by atoms with Crippen LogP contribution in [-0.2, 0) is 19.0 Å². The van der Waals surface area contributed by atoms with Crippen LogP contribution in [0.2, 0.25) is 0 Å². The van der Waals surface area contributed by atoms with Gasteiger partial charge in [-0.05, 0) is 110 Å². The fraction of sp³-hybridized carbons (Fsp3) is 0.943. The van der Waals surface area contributed by atoms with Gasteiger partial charge in [-0.3, -0.25) is 4.79 Å². The van der Waals surface area contributed by atoms with Gasteiger partial charge in [0.25, 0.3) is 0 Å². The van der Waals surface area contributed by atoms with Crippen LogP contribution in [-0.4, -0.2) is 64.7 Å². The summed E-state index contributed by atoms with van der Waals surface area (Å²) in [5.41, 5.74) is 2.13. The molecule has 0 spiro atoms. The molecule has 5 aliphatic rings. The number of aliphatic hydroxyl groups is 3. The van der Waals surface area contributed by atoms with Gasteiger partial charge in [-0.15, -0.1) is 0 Å². The van der Waals surface area contributed by atoms with Crippen molar-refractivity contribution in [3.63, 3.8) is 0 Å². The largest absolute Gasteiger partial charge is 0.463 e. The Bertz CT molecular complexity index is 1280. The Balaban J connectivity index is 0.994. The van der Waals surface area contributed by atoms with E-state index in [0.717, 1.165) is 80.5 Å². The van der Waals surface area contributed by atoms with E-state index in [1.807, 2.05) is 0 Å². The third-order valence-corrected chi connectivity index (χ3v) is 17.7. The molecule has 0 bridgehead atoms. The van der Waals surface area contributed by atoms with Crippen molar-refractivity contribution >= 4 is 5.97 Å². The van der Waals surface area contributed by atoms with E-state index < -0.39 is 30.7 Å². The molecule has 4 fully saturated rings. The first-order valence-electron chi connectivity index (χ1n) is 26.0. The smallest absolute Gasteiger partial charge is 0.305 e. The van der Waals surface area contributed by atoms with Crippen LogP contribution in [0.3, 0.4) is 0 Å². The van der Waals surface area contributed by atoms with Crippen LogP contribution in [0.4, 0.5) is 0 Å². The topological polar surface area (TPSA) is 105 Å². The van der Waals surface area contributed by atoms with E-state index in [1.54, 1.807) is 0 Å². The second-order valence-electron chi connectivity index (χ2n) is 22.0. The Morgan fingerprint density at radius 3 is 1.98 bits per heavy atom. The summed E-state index contributed by atoms with van der Waals surface area (Å²) in [7, 11) is 0. The second-order valence-corrected chi connectivity index (χ2v) is 22.0. The summed E-state index contributed by atoms with van der Waals surface area (Å²) >= 11 is 0. The lowest BCUT2D eigenvalue weighted by Crippen LogP contribution is -2.60. The molecule has 3 N–H and O–H groups in total. The monoisotopic (exact) mass is 843 g/mol. The number of unbranched alkanes of at least 4 members (excludes halogenated alkanes) is 15. The first-order chi connectivity index (χ1) is 28.8. The molecule has 60 heavy (non-hydrogen) atoms. The maximum Gasteiger partial charge on any atom is 0.305 e. The molecule has 7 heteroatoms. The Kier molecular flexibility index (Phi) is 20.3. The summed E-state index contributed by atoms with van der Waals surface area (Å²) < 4.78 is 18.1. The van der Waals surface area contributed by atoms with Gasteiger partial charge in [0, 0.05) is 6.42 Å². The van der Waals surface area contributed by atoms with Crippen molar-refractivity contribution in [3.05, 3.63) is 11.6 Å². The average Bonchev–Trinajstić information content (AvgIpc) is 3.59. The van der Waals surface area contributed by atoms with E-state index >= 15 is 0 Å². The molecular formula is C53H94O7. The third kappa shape index (κ3) is 13.1. The number of fused-ring (bicyclic) bond motifs is 5. The van der Waals surface area contributed by atoms with Gasteiger partial charge < -0.3 is 29.5 Å². The van der Waals surface area contributed by atoms with E-state index in [4.69, 9.17) is 14.2 Å². The minimum Gasteiger partial charge on any atom is -0.463 e. The molecule has 3 saturated carbocycles. The van der Waals surface area contributed by atoms with Crippen molar-refractivity contribution in [1.29, 1.82) is 0 Å². The molecule has 5 rings (SSSR count). The highest BCUT2D eigenvalue weighted by molar-refractivity contribution is 5.69. The van der Waals surface area contributed by atoms with Crippen LogP contribution in [0, 0.1) is 52.3 Å². The van der Waals surface area contributed by atoms with Crippen LogP contribution in [0.1, 0.15) is 222 Å². The Hall–Kier alpha value is -0.990. The first-order valence-corrected chi connectivity index (χ1v) is 26.0. The molecule has 348 valence electrons. The zero-order valence-corrected chi connectivity index (χ0v) is 39.9. The zero-order valence-electron chi connectivity index (χ0n) is 39.9. The minimum atomic E-state index is -1.44. The standard InChI is InChI=1S/C53H94O7/c1-8-9-10-11-12-13-14-15-16-17-18-19-20-21-22-23-24-47(54)58-36-46-48(55)49(56)50(57)51(60-46)59-41-31-33-52(6)40(35-41)27-28-42-44-30-29-43(53(44,7)34-32-45(42)52)39(5)26-25-38(4)37(2)3/h27,37-39,41-46,48-51,55-57H,8-26,28-36H2,1-7H3. The van der Waals surface area contributed by atoms with Gasteiger partial charge in [0.2, 0.25) is 0 Å². The van der Waals surface area contributed by atoms with Crippen LogP contribution >= 0.6 is 0 Å². The van der Waals surface area contributed by atoms with Gasteiger partial charge in [-0.2, -0.15) is 0 Å². The normalized spacial score (nSPS) is 36.3. The first kappa shape index (κ1) is 50.0. The highest BCUT2D eigenvalue weighted by atomic mass is 16.7. The number of ether oxygens (including phenoxy) is 3. The summed E-state index contributed by atoms with van der Waals surface area (Å²) in [6, 6.07) is 0. The molecular weight excluding hydrogens is 749 g/mol. The number of carbonyl (C=O) groups is 1. The van der Waals surface area contributed by atoms with Crippen molar-refractivity contribution in [2.45, 2.75) is 259 Å². The van der Waals surface area contributed by atoms with Crippen LogP contribution < -0.4 is 0 Å². The average molecular weight is 843 g/mol. The summed E-state index contributed by atoms with van der Waals surface area (Å²) in [5.74, 6) is 5.17. The maximum absolute atomic E-state index is 12.6. The van der Waals surface area contributed by atoms with Crippen LogP contribution in [0.15, 0.2) is 11.6 Å². The number of carbonyl (C=O) groups excluding carboxylic acids is 1. The van der Waals surface area contributed by atoms with Gasteiger partial charge in [0.15, 0.2) is 6.29 Å². The summed E-state index contributed by atoms with van der Waals surface area (Å²) in [6.45, 7) is 17.0. The molecule has 14 atom stereocenters. The highest BCUT2D eigenvalue weighted by Crippen LogP contribution is 2.67. The molecule has 4 aliphatic carbocycles. The Morgan fingerprint density at radius 1 is 0.750 bits per heavy atom. The summed E-state index contributed by atoms with van der Waals surface area (Å²) in [4.78, 5) is 12.6. The van der Waals surface area contributed by atoms with E-state index in [2.05, 4.69) is 54.5 Å². The van der Waals surface area contributed by atoms with E-state index in [0.29, 0.717) is 17.8 Å². The van der Waals surface area contributed by atoms with Gasteiger partial charge >= 0.3 is 5.97 Å². The molecule has 14 unspecified atom stereocenters. The van der Waals surface area contributed by atoms with E-state index in [9.17, 15) is 20.1 Å². The van der Waals surface area contributed by atoms with Crippen molar-refractivity contribution in [1.82, 2.24) is 0 Å². The molecule has 0 radical (unpaired) electrons. The summed E-state index contributed by atoms with van der Waals surface area (Å²) in [5, 5.41) is 32.5. The number of aliphatic hydroxyl groups excluding tert-OH is 3. The number of hydrogen-bond donors (Lipinski definition) is 3. The maximum atomic E-state index is 12.6. The van der Waals surface area contributed by atoms with Gasteiger partial charge in [0.1, 0.15) is 31.0 Å². The van der Waals surface area contributed by atoms with Gasteiger partial charge in [0.05, 0.1) is 6.10 Å². The summed E-state index contributed by atoms with van der Waals surface area (Å²) in [6.07, 6.45) is 29.1. The Morgan fingerprint density at radius 2 is 1.37 bits per heavy atom. The zero-order chi connectivity index (χ0) is 43.3. The number of allylic oxidation sites excluding steroid dienone is 1. The minimum absolute atomic E-state index is 0.139. The van der Waals surface area contributed by atoms with Crippen LogP contribution in [0.25, 0.3) is 0 Å². The van der Waals surface area contributed by atoms with Gasteiger partial charge in [-0.25, -0.2) is 0 Å². The lowest BCUT2D eigenvalue weighted by atomic mass is 9.47. The predicted molar refractivity (Wildman–Crippen MR) is 244 cm³/mol. The van der Waals surface area contributed by atoms with Crippen LogP contribution in [0.5, 0.6) is 0 Å². The Labute approximate surface area is 368 Å². The molecule has 1 heterocycles. The molecule has 0 aromatic rings. The van der Waals surface area contributed by atoms with Crippen molar-refractivity contribution < 1.29 is 34.3 Å². The lowest BCUT2D eigenvalue weighted by molar-refractivity contribution is -0.313. The van der Waals surface area contributed by atoms with Gasteiger partial charge in [-0.1, -0.05) is 169 Å². The van der Waals surface area contributed by atoms with Crippen molar-refractivity contribution in [3.8, 4) is 0 Å². The molecule has 7 nitrogen and oxygen atoms in total. The highest BCUT2D eigenvalue weighted by Gasteiger charge is 2.59. The third-order valence-electron chi connectivity index (χ3n) is 17.7. The molecule has 0 amide bonds. The second kappa shape index (κ2) is 24.3. The number of hydrogen-bond acceptors (Lipinski definition) is 7. The SMILES string of the molecule is CCCCCCCCCCCCCCCCCCC(=O)OCC1OC(OC2CCC3(C)C(=CCC4C3CCC3(C)C(C(C)CCC(C)C(C)C)CCC43)C2)C(O)C(O)C1O. The predicted octanol–water partition coefficient (Wildman–Crippen LogP) is 12.7. The fourth-order valence-electron chi connectivity index (χ4n) is 13.2. The lowest BCUT2D eigenvalue weighted by Gasteiger charge is -2.58. The van der Waals surface area contributed by atoms with Crippen molar-refractivity contribution in [2.75, 3.05) is 6.61 Å². The molecule has 1 aliphatic heterocycles. The van der Waals surface area contributed by atoms with E-state index in [-0.39, 0.29) is 24.1 Å². The molecule has 1 saturated heterocycles. The molecule has 0 aromatic heterocycles. The fourth-order valence-corrected chi connectivity index (χ4v) is 13.2.